The molecule has 0 saturated heterocycles. The molecule has 0 saturated carbocycles. The Morgan fingerprint density at radius 3 is 1.73 bits per heavy atom. The highest BCUT2D eigenvalue weighted by molar-refractivity contribution is 5.45. The van der Waals surface area contributed by atoms with E-state index in [1.807, 2.05) is 13.8 Å². The summed E-state index contributed by atoms with van der Waals surface area (Å²) in [6.45, 7) is 10.8. The molecule has 0 atom stereocenters. The van der Waals surface area contributed by atoms with Crippen LogP contribution in [0.1, 0.15) is 40.5 Å². The van der Waals surface area contributed by atoms with Crippen molar-refractivity contribution in [2.45, 2.75) is 40.5 Å². The van der Waals surface area contributed by atoms with E-state index in [1.165, 1.54) is 18.5 Å². The highest BCUT2D eigenvalue weighted by Gasteiger charge is 2.01. The minimum atomic E-state index is 1.16. The molecular formula is C14H25N. The van der Waals surface area contributed by atoms with Gasteiger partial charge in [-0.3, -0.25) is 0 Å². The zero-order valence-corrected chi connectivity index (χ0v) is 10.7. The van der Waals surface area contributed by atoms with Gasteiger partial charge in [0.1, 0.15) is 0 Å². The summed E-state index contributed by atoms with van der Waals surface area (Å²) in [6, 6.07) is 10.7. The van der Waals surface area contributed by atoms with Crippen LogP contribution in [0, 0.1) is 0 Å². The Hall–Kier alpha value is -0.980. The molecule has 1 aromatic carbocycles. The van der Waals surface area contributed by atoms with E-state index < -0.39 is 0 Å². The maximum atomic E-state index is 2.44. The van der Waals surface area contributed by atoms with Crippen LogP contribution in [-0.4, -0.2) is 13.1 Å². The van der Waals surface area contributed by atoms with Gasteiger partial charge in [0.05, 0.1) is 0 Å². The van der Waals surface area contributed by atoms with Crippen molar-refractivity contribution in [3.05, 3.63) is 30.3 Å². The Bertz CT molecular complexity index is 212. The first-order valence-electron chi connectivity index (χ1n) is 6.18. The molecule has 1 heteroatoms. The maximum Gasteiger partial charge on any atom is 0.0366 e. The van der Waals surface area contributed by atoms with Crippen LogP contribution in [0.4, 0.5) is 5.69 Å². The molecule has 0 heterocycles. The zero-order chi connectivity index (χ0) is 11.5. The van der Waals surface area contributed by atoms with Gasteiger partial charge in [-0.25, -0.2) is 0 Å². The third-order valence-electron chi connectivity index (χ3n) is 2.11. The summed E-state index contributed by atoms with van der Waals surface area (Å²) in [5.41, 5.74) is 1.35. The Labute approximate surface area is 95.1 Å². The standard InChI is InChI=1S/C12H19N.C2H6/c1-3-10-13(11-4-2)12-8-6-5-7-9-12;1-2/h5-9H,3-4,10-11H2,1-2H3;1-2H3. The quantitative estimate of drug-likeness (QED) is 0.694. The van der Waals surface area contributed by atoms with Gasteiger partial charge in [0, 0.05) is 18.8 Å². The number of anilines is 1. The first-order valence-corrected chi connectivity index (χ1v) is 6.18. The lowest BCUT2D eigenvalue weighted by atomic mass is 10.2. The van der Waals surface area contributed by atoms with Crippen molar-refractivity contribution in [2.75, 3.05) is 18.0 Å². The van der Waals surface area contributed by atoms with Crippen LogP contribution >= 0.6 is 0 Å². The Morgan fingerprint density at radius 1 is 0.867 bits per heavy atom. The fourth-order valence-corrected chi connectivity index (χ4v) is 1.55. The predicted molar refractivity (Wildman–Crippen MR) is 70.6 cm³/mol. The van der Waals surface area contributed by atoms with Crippen LogP contribution in [0.15, 0.2) is 30.3 Å². The fourth-order valence-electron chi connectivity index (χ4n) is 1.55. The number of hydrogen-bond acceptors (Lipinski definition) is 1. The second kappa shape index (κ2) is 9.57. The van der Waals surface area contributed by atoms with Gasteiger partial charge in [0.2, 0.25) is 0 Å². The molecule has 1 nitrogen and oxygen atoms in total. The molecule has 0 amide bonds. The largest absolute Gasteiger partial charge is 0.372 e. The smallest absolute Gasteiger partial charge is 0.0366 e. The van der Waals surface area contributed by atoms with E-state index in [2.05, 4.69) is 49.1 Å². The van der Waals surface area contributed by atoms with E-state index in [4.69, 9.17) is 0 Å². The van der Waals surface area contributed by atoms with Crippen LogP contribution in [0.2, 0.25) is 0 Å². The van der Waals surface area contributed by atoms with Gasteiger partial charge in [0.15, 0.2) is 0 Å². The maximum absolute atomic E-state index is 2.44. The van der Waals surface area contributed by atoms with Crippen LogP contribution in [-0.2, 0) is 0 Å². The fraction of sp³-hybridized carbons (Fsp3) is 0.571. The summed E-state index contributed by atoms with van der Waals surface area (Å²) in [5.74, 6) is 0. The molecule has 1 rings (SSSR count). The van der Waals surface area contributed by atoms with Crippen molar-refractivity contribution in [3.8, 4) is 0 Å². The SMILES string of the molecule is CC.CCCN(CCC)c1ccccc1. The molecule has 0 fully saturated rings. The number of nitrogens with zero attached hydrogens (tertiary/aromatic N) is 1. The van der Waals surface area contributed by atoms with Crippen molar-refractivity contribution in [2.24, 2.45) is 0 Å². The van der Waals surface area contributed by atoms with Gasteiger partial charge < -0.3 is 4.90 Å². The van der Waals surface area contributed by atoms with E-state index in [0.717, 1.165) is 13.1 Å². The lowest BCUT2D eigenvalue weighted by molar-refractivity contribution is 0.745. The average Bonchev–Trinajstić information content (AvgIpc) is 2.33. The van der Waals surface area contributed by atoms with Crippen LogP contribution in [0.25, 0.3) is 0 Å². The molecule has 0 aliphatic heterocycles. The normalized spacial score (nSPS) is 9.07. The van der Waals surface area contributed by atoms with Gasteiger partial charge in [-0.2, -0.15) is 0 Å². The summed E-state index contributed by atoms with van der Waals surface area (Å²) >= 11 is 0. The monoisotopic (exact) mass is 207 g/mol. The Morgan fingerprint density at radius 2 is 1.33 bits per heavy atom. The van der Waals surface area contributed by atoms with Crippen molar-refractivity contribution in [1.82, 2.24) is 0 Å². The number of rotatable bonds is 5. The minimum absolute atomic E-state index is 1.16. The van der Waals surface area contributed by atoms with E-state index >= 15 is 0 Å². The highest BCUT2D eigenvalue weighted by atomic mass is 15.1. The van der Waals surface area contributed by atoms with Crippen molar-refractivity contribution < 1.29 is 0 Å². The number of para-hydroxylation sites is 1. The second-order valence-electron chi connectivity index (χ2n) is 3.32. The highest BCUT2D eigenvalue weighted by Crippen LogP contribution is 2.13. The summed E-state index contributed by atoms with van der Waals surface area (Å²) in [6.07, 6.45) is 2.43. The predicted octanol–water partition coefficient (Wildman–Crippen LogP) is 4.34. The topological polar surface area (TPSA) is 3.24 Å². The van der Waals surface area contributed by atoms with Crippen LogP contribution in [0.3, 0.4) is 0 Å². The van der Waals surface area contributed by atoms with Crippen LogP contribution in [0.5, 0.6) is 0 Å². The average molecular weight is 207 g/mol. The molecule has 0 aromatic heterocycles. The third-order valence-corrected chi connectivity index (χ3v) is 2.11. The number of benzene rings is 1. The van der Waals surface area contributed by atoms with Crippen molar-refractivity contribution >= 4 is 5.69 Å². The molecule has 0 unspecified atom stereocenters. The summed E-state index contributed by atoms with van der Waals surface area (Å²) in [5, 5.41) is 0. The minimum Gasteiger partial charge on any atom is -0.372 e. The molecule has 0 radical (unpaired) electrons. The van der Waals surface area contributed by atoms with Crippen LogP contribution < -0.4 is 4.90 Å². The number of hydrogen-bond donors (Lipinski definition) is 0. The van der Waals surface area contributed by atoms with Gasteiger partial charge >= 0.3 is 0 Å². The summed E-state index contributed by atoms with van der Waals surface area (Å²) in [7, 11) is 0. The first-order chi connectivity index (χ1) is 7.38. The molecule has 0 spiro atoms. The lowest BCUT2D eigenvalue weighted by Gasteiger charge is -2.23. The van der Waals surface area contributed by atoms with Gasteiger partial charge in [-0.05, 0) is 25.0 Å². The second-order valence-corrected chi connectivity index (χ2v) is 3.32. The van der Waals surface area contributed by atoms with Crippen molar-refractivity contribution in [3.63, 3.8) is 0 Å². The summed E-state index contributed by atoms with van der Waals surface area (Å²) in [4.78, 5) is 2.44. The molecule has 0 aliphatic carbocycles. The Balaban J connectivity index is 0.000000921. The Kier molecular flexibility index (Phi) is 8.95. The van der Waals surface area contributed by atoms with Gasteiger partial charge in [-0.1, -0.05) is 45.9 Å². The molecular weight excluding hydrogens is 182 g/mol. The van der Waals surface area contributed by atoms with Gasteiger partial charge in [0.25, 0.3) is 0 Å². The molecule has 0 aliphatic rings. The molecule has 15 heavy (non-hydrogen) atoms. The van der Waals surface area contributed by atoms with E-state index in [0.29, 0.717) is 0 Å². The third kappa shape index (κ3) is 5.46. The van der Waals surface area contributed by atoms with E-state index in [1.54, 1.807) is 0 Å². The molecule has 0 N–H and O–H groups in total. The molecule has 1 aromatic rings. The summed E-state index contributed by atoms with van der Waals surface area (Å²) < 4.78 is 0. The van der Waals surface area contributed by atoms with E-state index in [-0.39, 0.29) is 0 Å². The lowest BCUT2D eigenvalue weighted by Crippen LogP contribution is -2.24. The van der Waals surface area contributed by atoms with E-state index in [9.17, 15) is 0 Å². The molecule has 0 bridgehead atoms. The molecule has 86 valence electrons. The van der Waals surface area contributed by atoms with Gasteiger partial charge in [-0.15, -0.1) is 0 Å². The first kappa shape index (κ1) is 14.0. The van der Waals surface area contributed by atoms with Crippen molar-refractivity contribution in [1.29, 1.82) is 0 Å². The zero-order valence-electron chi connectivity index (χ0n) is 10.7.